The normalized spacial score (nSPS) is 23.8. The Hall–Kier alpha value is -0.450. The topological polar surface area (TPSA) is 28.2 Å². The van der Waals surface area contributed by atoms with Crippen LogP contribution < -0.4 is 5.32 Å². The van der Waals surface area contributed by atoms with Crippen LogP contribution in [0.15, 0.2) is 6.20 Å². The first kappa shape index (κ1) is 14.0. The van der Waals surface area contributed by atoms with Crippen molar-refractivity contribution in [3.8, 4) is 0 Å². The Kier molecular flexibility index (Phi) is 5.15. The van der Waals surface area contributed by atoms with Crippen LogP contribution in [0.2, 0.25) is 0 Å². The van der Waals surface area contributed by atoms with E-state index >= 15 is 0 Å². The van der Waals surface area contributed by atoms with Gasteiger partial charge >= 0.3 is 0 Å². The van der Waals surface area contributed by atoms with Crippen molar-refractivity contribution >= 4 is 11.3 Å². The summed E-state index contributed by atoms with van der Waals surface area (Å²) >= 11 is 1.83. The van der Waals surface area contributed by atoms with Crippen molar-refractivity contribution in [2.24, 2.45) is 5.92 Å². The molecule has 1 N–H and O–H groups in total. The lowest BCUT2D eigenvalue weighted by Crippen LogP contribution is -2.41. The fourth-order valence-corrected chi connectivity index (χ4v) is 3.37. The zero-order valence-electron chi connectivity index (χ0n) is 11.8. The second-order valence-electron chi connectivity index (χ2n) is 5.38. The Balaban J connectivity index is 1.94. The van der Waals surface area contributed by atoms with Crippen molar-refractivity contribution in [1.82, 2.24) is 15.2 Å². The largest absolute Gasteiger partial charge is 0.312 e. The Labute approximate surface area is 115 Å². The van der Waals surface area contributed by atoms with Gasteiger partial charge in [0.25, 0.3) is 0 Å². The molecule has 4 heteroatoms. The molecule has 1 aromatic heterocycles. The molecule has 2 atom stereocenters. The highest BCUT2D eigenvalue weighted by atomic mass is 32.1. The summed E-state index contributed by atoms with van der Waals surface area (Å²) in [4.78, 5) is 8.34. The van der Waals surface area contributed by atoms with Crippen LogP contribution in [0, 0.1) is 12.8 Å². The summed E-state index contributed by atoms with van der Waals surface area (Å²) in [5.41, 5.74) is 0. The number of aryl methyl sites for hydroxylation is 1. The first-order chi connectivity index (χ1) is 8.69. The van der Waals surface area contributed by atoms with E-state index in [0.717, 1.165) is 19.0 Å². The maximum absolute atomic E-state index is 4.35. The molecule has 3 nitrogen and oxygen atoms in total. The minimum absolute atomic E-state index is 0.645. The summed E-state index contributed by atoms with van der Waals surface area (Å²) < 4.78 is 0. The molecule has 0 bridgehead atoms. The summed E-state index contributed by atoms with van der Waals surface area (Å²) in [6.45, 7) is 11.3. The number of aromatic nitrogens is 1. The molecule has 1 fully saturated rings. The highest BCUT2D eigenvalue weighted by molar-refractivity contribution is 7.11. The van der Waals surface area contributed by atoms with Crippen molar-refractivity contribution < 1.29 is 0 Å². The van der Waals surface area contributed by atoms with E-state index in [1.807, 2.05) is 17.5 Å². The van der Waals surface area contributed by atoms with Gasteiger partial charge in [0.1, 0.15) is 0 Å². The van der Waals surface area contributed by atoms with Gasteiger partial charge in [0.2, 0.25) is 0 Å². The fourth-order valence-electron chi connectivity index (χ4n) is 2.53. The third-order valence-electron chi connectivity index (χ3n) is 3.89. The fraction of sp³-hybridized carbons (Fsp3) is 0.786. The second kappa shape index (κ2) is 6.64. The van der Waals surface area contributed by atoms with Crippen LogP contribution in [0.25, 0.3) is 0 Å². The maximum atomic E-state index is 4.35. The predicted octanol–water partition coefficient (Wildman–Crippen LogP) is 2.66. The molecule has 0 aliphatic carbocycles. The van der Waals surface area contributed by atoms with Crippen molar-refractivity contribution in [3.63, 3.8) is 0 Å². The van der Waals surface area contributed by atoms with Gasteiger partial charge in [-0.3, -0.25) is 4.90 Å². The van der Waals surface area contributed by atoms with Gasteiger partial charge < -0.3 is 5.32 Å². The molecule has 0 aromatic carbocycles. The van der Waals surface area contributed by atoms with Crippen molar-refractivity contribution in [3.05, 3.63) is 16.1 Å². The zero-order chi connectivity index (χ0) is 13.0. The molecule has 1 saturated heterocycles. The Morgan fingerprint density at radius 2 is 2.44 bits per heavy atom. The summed E-state index contributed by atoms with van der Waals surface area (Å²) in [5, 5.41) is 4.88. The van der Waals surface area contributed by atoms with E-state index in [9.17, 15) is 0 Å². The molecule has 102 valence electrons. The van der Waals surface area contributed by atoms with Crippen LogP contribution >= 0.6 is 11.3 Å². The predicted molar refractivity (Wildman–Crippen MR) is 78.0 cm³/mol. The van der Waals surface area contributed by atoms with Crippen LogP contribution in [-0.2, 0) is 6.54 Å². The van der Waals surface area contributed by atoms with Crippen molar-refractivity contribution in [2.75, 3.05) is 19.6 Å². The van der Waals surface area contributed by atoms with Gasteiger partial charge in [-0.2, -0.15) is 0 Å². The number of nitrogens with one attached hydrogen (secondary N) is 1. The third-order valence-corrected chi connectivity index (χ3v) is 4.79. The van der Waals surface area contributed by atoms with E-state index in [4.69, 9.17) is 0 Å². The highest BCUT2D eigenvalue weighted by Crippen LogP contribution is 2.17. The minimum Gasteiger partial charge on any atom is -0.312 e. The van der Waals surface area contributed by atoms with Crippen molar-refractivity contribution in [1.29, 1.82) is 0 Å². The SMILES string of the molecule is CCC(C)C1CN(Cc2cnc(C)s2)CCCN1. The first-order valence-electron chi connectivity index (χ1n) is 7.06. The van der Waals surface area contributed by atoms with Gasteiger partial charge in [-0.15, -0.1) is 11.3 Å². The molecular formula is C14H25N3S. The zero-order valence-corrected chi connectivity index (χ0v) is 12.6. The molecule has 1 aliphatic heterocycles. The standard InChI is InChI=1S/C14H25N3S/c1-4-11(2)14-10-17(7-5-6-15-14)9-13-8-16-12(3)18-13/h8,11,14-15H,4-7,9-10H2,1-3H3. The van der Waals surface area contributed by atoms with E-state index < -0.39 is 0 Å². The molecule has 0 spiro atoms. The smallest absolute Gasteiger partial charge is 0.0897 e. The lowest BCUT2D eigenvalue weighted by molar-refractivity contribution is 0.233. The molecule has 1 aromatic rings. The van der Waals surface area contributed by atoms with Gasteiger partial charge in [0.05, 0.1) is 5.01 Å². The quantitative estimate of drug-likeness (QED) is 0.909. The number of hydrogen-bond donors (Lipinski definition) is 1. The number of hydrogen-bond acceptors (Lipinski definition) is 4. The number of nitrogens with zero attached hydrogens (tertiary/aromatic N) is 2. The molecule has 1 aliphatic rings. The van der Waals surface area contributed by atoms with Crippen molar-refractivity contribution in [2.45, 2.75) is 46.2 Å². The van der Waals surface area contributed by atoms with E-state index in [-0.39, 0.29) is 0 Å². The maximum Gasteiger partial charge on any atom is 0.0897 e. The monoisotopic (exact) mass is 267 g/mol. The number of rotatable bonds is 4. The highest BCUT2D eigenvalue weighted by Gasteiger charge is 2.21. The lowest BCUT2D eigenvalue weighted by atomic mass is 9.99. The summed E-state index contributed by atoms with van der Waals surface area (Å²) in [7, 11) is 0. The van der Waals surface area contributed by atoms with Gasteiger partial charge in [0, 0.05) is 30.2 Å². The van der Waals surface area contributed by atoms with Crippen LogP contribution in [0.5, 0.6) is 0 Å². The molecule has 2 rings (SSSR count). The third kappa shape index (κ3) is 3.77. The molecule has 2 heterocycles. The Morgan fingerprint density at radius 1 is 1.61 bits per heavy atom. The molecule has 0 amide bonds. The average Bonchev–Trinajstić information content (AvgIpc) is 2.64. The summed E-state index contributed by atoms with van der Waals surface area (Å²) in [6.07, 6.45) is 4.55. The molecule has 2 unspecified atom stereocenters. The average molecular weight is 267 g/mol. The molecular weight excluding hydrogens is 242 g/mol. The van der Waals surface area contributed by atoms with Gasteiger partial charge in [-0.05, 0) is 32.4 Å². The van der Waals surface area contributed by atoms with E-state index in [1.165, 1.54) is 35.8 Å². The lowest BCUT2D eigenvalue weighted by Gasteiger charge is -2.27. The summed E-state index contributed by atoms with van der Waals surface area (Å²) in [6, 6.07) is 0.645. The molecule has 0 radical (unpaired) electrons. The van der Waals surface area contributed by atoms with E-state index in [0.29, 0.717) is 6.04 Å². The second-order valence-corrected chi connectivity index (χ2v) is 6.70. The van der Waals surface area contributed by atoms with Gasteiger partial charge in [-0.1, -0.05) is 20.3 Å². The molecule has 18 heavy (non-hydrogen) atoms. The minimum atomic E-state index is 0.645. The first-order valence-corrected chi connectivity index (χ1v) is 7.87. The van der Waals surface area contributed by atoms with Crippen LogP contribution in [0.3, 0.4) is 0 Å². The number of thiazole rings is 1. The van der Waals surface area contributed by atoms with Gasteiger partial charge in [0.15, 0.2) is 0 Å². The van der Waals surface area contributed by atoms with E-state index in [2.05, 4.69) is 36.0 Å². The van der Waals surface area contributed by atoms with Gasteiger partial charge in [-0.25, -0.2) is 4.98 Å². The Morgan fingerprint density at radius 3 is 3.11 bits per heavy atom. The van der Waals surface area contributed by atoms with Crippen LogP contribution in [0.4, 0.5) is 0 Å². The molecule has 0 saturated carbocycles. The van der Waals surface area contributed by atoms with E-state index in [1.54, 1.807) is 0 Å². The summed E-state index contributed by atoms with van der Waals surface area (Å²) in [5.74, 6) is 0.758. The van der Waals surface area contributed by atoms with Crippen LogP contribution in [0.1, 0.15) is 36.6 Å². The van der Waals surface area contributed by atoms with Crippen LogP contribution in [-0.4, -0.2) is 35.6 Å². The Bertz CT molecular complexity index is 364.